The fourth-order valence-electron chi connectivity index (χ4n) is 4.10. The molecule has 1 aromatic heterocycles. The number of anilines is 1. The Hall–Kier alpha value is -4.33. The van der Waals surface area contributed by atoms with Gasteiger partial charge in [0.1, 0.15) is 18.4 Å². The standard InChI is InChI=1S/C27H25FN6O/c1-18-3-9-21(10-4-18)24-15-25(22-11-5-19(2)6-12-22)34-27(30-31-32-34)33(24)17-26(35)29-16-20-7-13-23(28)14-8-20/h3-15,25H,16-17H2,1-2H3,(H,29,35)/t25-/m0/s1. The summed E-state index contributed by atoms with van der Waals surface area (Å²) in [6, 6.07) is 22.3. The van der Waals surface area contributed by atoms with Crippen LogP contribution in [0, 0.1) is 19.7 Å². The van der Waals surface area contributed by atoms with Crippen LogP contribution in [0.3, 0.4) is 0 Å². The number of hydrogen-bond donors (Lipinski definition) is 1. The first-order valence-corrected chi connectivity index (χ1v) is 11.4. The van der Waals surface area contributed by atoms with Crippen molar-refractivity contribution < 1.29 is 9.18 Å². The normalized spacial score (nSPS) is 14.9. The molecule has 8 heteroatoms. The highest BCUT2D eigenvalue weighted by Crippen LogP contribution is 2.36. The van der Waals surface area contributed by atoms with E-state index < -0.39 is 0 Å². The van der Waals surface area contributed by atoms with Crippen molar-refractivity contribution in [1.82, 2.24) is 25.5 Å². The van der Waals surface area contributed by atoms with Crippen LogP contribution in [0.5, 0.6) is 0 Å². The number of carbonyl (C=O) groups excluding carboxylic acids is 1. The number of fused-ring (bicyclic) bond motifs is 1. The molecular formula is C27H25FN6O. The molecule has 1 atom stereocenters. The van der Waals surface area contributed by atoms with Crippen LogP contribution < -0.4 is 10.2 Å². The second-order valence-electron chi connectivity index (χ2n) is 8.69. The summed E-state index contributed by atoms with van der Waals surface area (Å²) in [6.07, 6.45) is 2.09. The molecule has 0 aliphatic carbocycles. The first-order chi connectivity index (χ1) is 17.0. The number of rotatable bonds is 6. The molecule has 1 N–H and O–H groups in total. The topological polar surface area (TPSA) is 75.9 Å². The van der Waals surface area contributed by atoms with Gasteiger partial charge in [0.15, 0.2) is 0 Å². The Bertz CT molecular complexity index is 1360. The van der Waals surface area contributed by atoms with Crippen LogP contribution in [0.1, 0.15) is 33.9 Å². The third-order valence-corrected chi connectivity index (χ3v) is 6.06. The minimum atomic E-state index is -0.309. The molecule has 0 bridgehead atoms. The highest BCUT2D eigenvalue weighted by molar-refractivity contribution is 5.89. The molecule has 3 aromatic carbocycles. The van der Waals surface area contributed by atoms with Gasteiger partial charge in [-0.05, 0) is 59.2 Å². The van der Waals surface area contributed by atoms with E-state index in [0.717, 1.165) is 28.0 Å². The molecule has 0 spiro atoms. The first kappa shape index (κ1) is 22.5. The fourth-order valence-corrected chi connectivity index (χ4v) is 4.10. The maximum absolute atomic E-state index is 13.2. The van der Waals surface area contributed by atoms with E-state index in [2.05, 4.69) is 51.2 Å². The van der Waals surface area contributed by atoms with Crippen molar-refractivity contribution in [2.45, 2.75) is 26.4 Å². The van der Waals surface area contributed by atoms with Crippen LogP contribution in [-0.4, -0.2) is 32.7 Å². The predicted molar refractivity (Wildman–Crippen MR) is 132 cm³/mol. The molecule has 7 nitrogen and oxygen atoms in total. The summed E-state index contributed by atoms with van der Waals surface area (Å²) in [5.41, 5.74) is 6.01. The molecule has 0 radical (unpaired) electrons. The van der Waals surface area contributed by atoms with E-state index in [1.54, 1.807) is 16.8 Å². The number of aromatic nitrogens is 4. The fraction of sp³-hybridized carbons (Fsp3) is 0.185. The summed E-state index contributed by atoms with van der Waals surface area (Å²) < 4.78 is 14.9. The summed E-state index contributed by atoms with van der Waals surface area (Å²) in [4.78, 5) is 14.8. The summed E-state index contributed by atoms with van der Waals surface area (Å²) >= 11 is 0. The number of allylic oxidation sites excluding steroid dienone is 1. The third kappa shape index (κ3) is 4.82. The van der Waals surface area contributed by atoms with Crippen LogP contribution in [0.15, 0.2) is 78.9 Å². The second kappa shape index (κ2) is 9.50. The summed E-state index contributed by atoms with van der Waals surface area (Å²) in [7, 11) is 0. The monoisotopic (exact) mass is 468 g/mol. The van der Waals surface area contributed by atoms with Gasteiger partial charge < -0.3 is 5.32 Å². The molecule has 0 saturated carbocycles. The lowest BCUT2D eigenvalue weighted by molar-refractivity contribution is -0.119. The largest absolute Gasteiger partial charge is 0.350 e. The van der Waals surface area contributed by atoms with E-state index in [4.69, 9.17) is 0 Å². The van der Waals surface area contributed by atoms with Gasteiger partial charge in [-0.2, -0.15) is 4.68 Å². The van der Waals surface area contributed by atoms with Gasteiger partial charge in [0, 0.05) is 6.54 Å². The van der Waals surface area contributed by atoms with Crippen molar-refractivity contribution in [2.75, 3.05) is 11.4 Å². The average molecular weight is 469 g/mol. The first-order valence-electron chi connectivity index (χ1n) is 11.4. The minimum absolute atomic E-state index is 0.0297. The van der Waals surface area contributed by atoms with E-state index >= 15 is 0 Å². The minimum Gasteiger partial charge on any atom is -0.350 e. The predicted octanol–water partition coefficient (Wildman–Crippen LogP) is 4.20. The Morgan fingerprint density at radius 1 is 0.943 bits per heavy atom. The molecule has 0 fully saturated rings. The van der Waals surface area contributed by atoms with Crippen LogP contribution in [0.2, 0.25) is 0 Å². The lowest BCUT2D eigenvalue weighted by Crippen LogP contribution is -2.39. The van der Waals surface area contributed by atoms with E-state index in [1.807, 2.05) is 43.0 Å². The van der Waals surface area contributed by atoms with Gasteiger partial charge in [-0.15, -0.1) is 0 Å². The zero-order chi connectivity index (χ0) is 24.4. The Morgan fingerprint density at radius 2 is 1.60 bits per heavy atom. The molecule has 0 saturated heterocycles. The average Bonchev–Trinajstić information content (AvgIpc) is 3.35. The van der Waals surface area contributed by atoms with Crippen molar-refractivity contribution in [3.05, 3.63) is 113 Å². The molecule has 1 aliphatic heterocycles. The van der Waals surface area contributed by atoms with Crippen molar-refractivity contribution in [3.8, 4) is 0 Å². The van der Waals surface area contributed by atoms with E-state index in [0.29, 0.717) is 12.5 Å². The van der Waals surface area contributed by atoms with E-state index in [9.17, 15) is 9.18 Å². The summed E-state index contributed by atoms with van der Waals surface area (Å²) in [5.74, 6) is -0.0162. The van der Waals surface area contributed by atoms with Gasteiger partial charge in [0.2, 0.25) is 5.91 Å². The number of aryl methyl sites for hydroxylation is 2. The number of nitrogens with zero attached hydrogens (tertiary/aromatic N) is 5. The van der Waals surface area contributed by atoms with Crippen LogP contribution in [-0.2, 0) is 11.3 Å². The molecule has 0 unspecified atom stereocenters. The van der Waals surface area contributed by atoms with Gasteiger partial charge in [-0.1, -0.05) is 76.9 Å². The SMILES string of the molecule is Cc1ccc(C2=C[C@@H](c3ccc(C)cc3)n3nnnc3N2CC(=O)NCc2ccc(F)cc2)cc1. The smallest absolute Gasteiger partial charge is 0.251 e. The van der Waals surface area contributed by atoms with Gasteiger partial charge in [0.25, 0.3) is 5.95 Å². The Labute approximate surface area is 202 Å². The van der Waals surface area contributed by atoms with Crippen molar-refractivity contribution in [2.24, 2.45) is 0 Å². The highest BCUT2D eigenvalue weighted by Gasteiger charge is 2.31. The second-order valence-corrected chi connectivity index (χ2v) is 8.69. The van der Waals surface area contributed by atoms with Gasteiger partial charge >= 0.3 is 0 Å². The lowest BCUT2D eigenvalue weighted by Gasteiger charge is -2.32. The highest BCUT2D eigenvalue weighted by atomic mass is 19.1. The maximum Gasteiger partial charge on any atom is 0.251 e. The molecule has 1 amide bonds. The van der Waals surface area contributed by atoms with Crippen molar-refractivity contribution >= 4 is 17.6 Å². The van der Waals surface area contributed by atoms with E-state index in [-0.39, 0.29) is 24.3 Å². The molecular weight excluding hydrogens is 443 g/mol. The maximum atomic E-state index is 13.2. The number of halogens is 1. The zero-order valence-corrected chi connectivity index (χ0v) is 19.5. The molecule has 176 valence electrons. The quantitative estimate of drug-likeness (QED) is 0.459. The molecule has 35 heavy (non-hydrogen) atoms. The number of amides is 1. The summed E-state index contributed by atoms with van der Waals surface area (Å²) in [6.45, 7) is 4.41. The Kier molecular flexibility index (Phi) is 6.10. The van der Waals surface area contributed by atoms with Crippen molar-refractivity contribution in [3.63, 3.8) is 0 Å². The Morgan fingerprint density at radius 3 is 2.29 bits per heavy atom. The van der Waals surface area contributed by atoms with Crippen molar-refractivity contribution in [1.29, 1.82) is 0 Å². The van der Waals surface area contributed by atoms with Crippen LogP contribution in [0.25, 0.3) is 5.70 Å². The molecule has 4 aromatic rings. The molecule has 1 aliphatic rings. The zero-order valence-electron chi connectivity index (χ0n) is 19.5. The van der Waals surface area contributed by atoms with Crippen LogP contribution in [0.4, 0.5) is 10.3 Å². The molecule has 5 rings (SSSR count). The molecule has 2 heterocycles. The van der Waals surface area contributed by atoms with Gasteiger partial charge in [-0.3, -0.25) is 9.69 Å². The number of tetrazole rings is 1. The van der Waals surface area contributed by atoms with Gasteiger partial charge in [0.05, 0.1) is 5.70 Å². The number of hydrogen-bond acceptors (Lipinski definition) is 5. The number of nitrogens with one attached hydrogen (secondary N) is 1. The van der Waals surface area contributed by atoms with E-state index in [1.165, 1.54) is 17.7 Å². The Balaban J connectivity index is 1.47. The third-order valence-electron chi connectivity index (χ3n) is 6.06. The van der Waals surface area contributed by atoms with Gasteiger partial charge in [-0.25, -0.2) is 4.39 Å². The van der Waals surface area contributed by atoms with Crippen LogP contribution >= 0.6 is 0 Å². The number of benzene rings is 3. The summed E-state index contributed by atoms with van der Waals surface area (Å²) in [5, 5.41) is 15.3. The number of carbonyl (C=O) groups is 1. The lowest BCUT2D eigenvalue weighted by atomic mass is 9.99.